The fraction of sp³-hybridized carbons (Fsp3) is 0.619. The first kappa shape index (κ1) is 22.0. The molecule has 3 rings (SSSR count). The van der Waals surface area contributed by atoms with E-state index >= 15 is 0 Å². The number of hydrogen-bond acceptors (Lipinski definition) is 7. The first-order chi connectivity index (χ1) is 14.2. The molecule has 0 aliphatic carbocycles. The molecule has 0 aromatic heterocycles. The van der Waals surface area contributed by atoms with E-state index in [2.05, 4.69) is 10.2 Å². The third-order valence-corrected chi connectivity index (χ3v) is 4.90. The number of fused-ring (bicyclic) bond motifs is 1. The van der Waals surface area contributed by atoms with Crippen LogP contribution in [0.15, 0.2) is 12.1 Å². The fourth-order valence-electron chi connectivity index (χ4n) is 3.53. The molecule has 1 N–H and O–H groups in total. The second-order valence-corrected chi connectivity index (χ2v) is 8.50. The van der Waals surface area contributed by atoms with Gasteiger partial charge < -0.3 is 34.1 Å². The lowest BCUT2D eigenvalue weighted by atomic mass is 10.1. The zero-order chi connectivity index (χ0) is 21.9. The summed E-state index contributed by atoms with van der Waals surface area (Å²) in [4.78, 5) is 29.3. The highest BCUT2D eigenvalue weighted by atomic mass is 16.6. The predicted molar refractivity (Wildman–Crippen MR) is 111 cm³/mol. The van der Waals surface area contributed by atoms with Crippen molar-refractivity contribution in [1.82, 2.24) is 15.1 Å². The second kappa shape index (κ2) is 8.99. The molecule has 1 aromatic rings. The number of piperazine rings is 1. The van der Waals surface area contributed by atoms with Gasteiger partial charge in [-0.15, -0.1) is 0 Å². The van der Waals surface area contributed by atoms with Crippen molar-refractivity contribution in [3.63, 3.8) is 0 Å². The van der Waals surface area contributed by atoms with Crippen LogP contribution in [0.3, 0.4) is 0 Å². The Morgan fingerprint density at radius 1 is 1.20 bits per heavy atom. The van der Waals surface area contributed by atoms with E-state index in [1.165, 1.54) is 7.11 Å². The molecule has 166 valence electrons. The van der Waals surface area contributed by atoms with Gasteiger partial charge in [0.05, 0.1) is 13.2 Å². The van der Waals surface area contributed by atoms with E-state index in [-0.39, 0.29) is 11.9 Å². The molecule has 2 amide bonds. The number of amides is 2. The van der Waals surface area contributed by atoms with Gasteiger partial charge in [0.15, 0.2) is 11.5 Å². The minimum Gasteiger partial charge on any atom is -0.493 e. The summed E-state index contributed by atoms with van der Waals surface area (Å²) >= 11 is 0. The summed E-state index contributed by atoms with van der Waals surface area (Å²) in [6.07, 6.45) is -0.496. The Morgan fingerprint density at radius 2 is 1.93 bits per heavy atom. The van der Waals surface area contributed by atoms with Crippen LogP contribution < -0.4 is 19.5 Å². The SMILES string of the molecule is COc1cc(C(=O)N2CCN(C)C[C@@H]2CNC(=O)OC(C)(C)C)cc2c1OCCO2. The Hall–Kier alpha value is -2.68. The molecule has 30 heavy (non-hydrogen) atoms. The van der Waals surface area contributed by atoms with Gasteiger partial charge in [-0.1, -0.05) is 0 Å². The highest BCUT2D eigenvalue weighted by Gasteiger charge is 2.32. The number of benzene rings is 1. The number of carbonyl (C=O) groups excluding carboxylic acids is 2. The average molecular weight is 421 g/mol. The largest absolute Gasteiger partial charge is 0.493 e. The highest BCUT2D eigenvalue weighted by Crippen LogP contribution is 2.40. The highest BCUT2D eigenvalue weighted by molar-refractivity contribution is 5.96. The van der Waals surface area contributed by atoms with Crippen molar-refractivity contribution >= 4 is 12.0 Å². The molecule has 1 saturated heterocycles. The molecule has 2 aliphatic rings. The Balaban J connectivity index is 1.76. The van der Waals surface area contributed by atoms with Gasteiger partial charge >= 0.3 is 6.09 Å². The molecule has 0 radical (unpaired) electrons. The minimum atomic E-state index is -0.579. The van der Waals surface area contributed by atoms with Gasteiger partial charge in [0, 0.05) is 31.7 Å². The van der Waals surface area contributed by atoms with Crippen LogP contribution in [0.5, 0.6) is 17.2 Å². The van der Waals surface area contributed by atoms with Crippen LogP contribution in [0.2, 0.25) is 0 Å². The van der Waals surface area contributed by atoms with E-state index in [4.69, 9.17) is 18.9 Å². The zero-order valence-electron chi connectivity index (χ0n) is 18.3. The van der Waals surface area contributed by atoms with Gasteiger partial charge in [-0.05, 0) is 40.0 Å². The molecule has 2 aliphatic heterocycles. The van der Waals surface area contributed by atoms with Gasteiger partial charge in [-0.25, -0.2) is 4.79 Å². The Labute approximate surface area is 177 Å². The van der Waals surface area contributed by atoms with E-state index in [9.17, 15) is 9.59 Å². The number of ether oxygens (including phenoxy) is 4. The predicted octanol–water partition coefficient (Wildman–Crippen LogP) is 1.75. The Morgan fingerprint density at radius 3 is 2.63 bits per heavy atom. The van der Waals surface area contributed by atoms with Crippen molar-refractivity contribution in [2.24, 2.45) is 0 Å². The number of methoxy groups -OCH3 is 1. The lowest BCUT2D eigenvalue weighted by Crippen LogP contribution is -2.58. The molecule has 9 heteroatoms. The molecule has 9 nitrogen and oxygen atoms in total. The minimum absolute atomic E-state index is 0.144. The van der Waals surface area contributed by atoms with Gasteiger partial charge in [-0.2, -0.15) is 0 Å². The van der Waals surface area contributed by atoms with E-state index < -0.39 is 11.7 Å². The maximum absolute atomic E-state index is 13.4. The van der Waals surface area contributed by atoms with Crippen molar-refractivity contribution in [2.45, 2.75) is 32.4 Å². The number of hydrogen-bond donors (Lipinski definition) is 1. The summed E-state index contributed by atoms with van der Waals surface area (Å²) in [5.41, 5.74) is -0.118. The van der Waals surface area contributed by atoms with E-state index in [1.807, 2.05) is 27.8 Å². The normalized spacial score (nSPS) is 19.2. The number of nitrogens with zero attached hydrogens (tertiary/aromatic N) is 2. The molecule has 0 saturated carbocycles. The summed E-state index contributed by atoms with van der Waals surface area (Å²) in [5, 5.41) is 2.79. The van der Waals surface area contributed by atoms with Gasteiger partial charge in [0.2, 0.25) is 5.75 Å². The summed E-state index contributed by atoms with van der Waals surface area (Å²) in [6.45, 7) is 8.53. The molecule has 2 heterocycles. The molecule has 1 atom stereocenters. The molecule has 0 spiro atoms. The third-order valence-electron chi connectivity index (χ3n) is 4.90. The topological polar surface area (TPSA) is 89.6 Å². The van der Waals surface area contributed by atoms with Crippen molar-refractivity contribution < 1.29 is 28.5 Å². The lowest BCUT2D eigenvalue weighted by molar-refractivity contribution is 0.0402. The maximum Gasteiger partial charge on any atom is 0.407 e. The molecule has 1 aromatic carbocycles. The van der Waals surface area contributed by atoms with Crippen molar-refractivity contribution in [3.05, 3.63) is 17.7 Å². The third kappa shape index (κ3) is 5.27. The average Bonchev–Trinajstić information content (AvgIpc) is 2.69. The first-order valence-electron chi connectivity index (χ1n) is 10.1. The van der Waals surface area contributed by atoms with Crippen LogP contribution in [-0.4, -0.2) is 87.0 Å². The summed E-state index contributed by atoms with van der Waals surface area (Å²) < 4.78 is 22.0. The molecular weight excluding hydrogens is 390 g/mol. The fourth-order valence-corrected chi connectivity index (χ4v) is 3.53. The standard InChI is InChI=1S/C21H31N3O6/c1-21(2,3)30-20(26)22-12-15-13-23(4)6-7-24(15)19(25)14-10-16(27-5)18-17(11-14)28-8-9-29-18/h10-11,15H,6-9,12-13H2,1-5H3,(H,22,26)/t15-/m0/s1. The van der Waals surface area contributed by atoms with Gasteiger partial charge in [-0.3, -0.25) is 4.79 Å². The van der Waals surface area contributed by atoms with E-state index in [0.717, 1.165) is 6.54 Å². The number of likely N-dealkylation sites (N-methyl/N-ethyl adjacent to an activating group) is 1. The van der Waals surface area contributed by atoms with Crippen LogP contribution in [0.25, 0.3) is 0 Å². The molecule has 1 fully saturated rings. The van der Waals surface area contributed by atoms with Crippen LogP contribution in [0.1, 0.15) is 31.1 Å². The number of rotatable bonds is 4. The summed E-state index contributed by atoms with van der Waals surface area (Å²) in [5.74, 6) is 1.34. The Kier molecular flexibility index (Phi) is 6.60. The molecular formula is C21H31N3O6. The molecule has 0 unspecified atom stereocenters. The monoisotopic (exact) mass is 421 g/mol. The van der Waals surface area contributed by atoms with Crippen LogP contribution in [-0.2, 0) is 4.74 Å². The van der Waals surface area contributed by atoms with Gasteiger partial charge in [0.1, 0.15) is 18.8 Å². The summed E-state index contributed by atoms with van der Waals surface area (Å²) in [6, 6.07) is 3.17. The van der Waals surface area contributed by atoms with E-state index in [1.54, 1.807) is 17.0 Å². The van der Waals surface area contributed by atoms with Crippen molar-refractivity contribution in [3.8, 4) is 17.2 Å². The number of carbonyl (C=O) groups is 2. The van der Waals surface area contributed by atoms with Crippen LogP contribution in [0, 0.1) is 0 Å². The Bertz CT molecular complexity index is 774. The molecule has 0 bridgehead atoms. The van der Waals surface area contributed by atoms with Crippen LogP contribution >= 0.6 is 0 Å². The van der Waals surface area contributed by atoms with E-state index in [0.29, 0.717) is 55.7 Å². The van der Waals surface area contributed by atoms with Crippen molar-refractivity contribution in [2.75, 3.05) is 53.6 Å². The quantitative estimate of drug-likeness (QED) is 0.792. The van der Waals surface area contributed by atoms with Crippen molar-refractivity contribution in [1.29, 1.82) is 0 Å². The number of alkyl carbamates (subject to hydrolysis) is 1. The lowest BCUT2D eigenvalue weighted by Gasteiger charge is -2.40. The smallest absolute Gasteiger partial charge is 0.407 e. The first-order valence-corrected chi connectivity index (χ1v) is 10.1. The maximum atomic E-state index is 13.4. The second-order valence-electron chi connectivity index (χ2n) is 8.50. The number of nitrogens with one attached hydrogen (secondary N) is 1. The van der Waals surface area contributed by atoms with Crippen LogP contribution in [0.4, 0.5) is 4.79 Å². The summed E-state index contributed by atoms with van der Waals surface area (Å²) in [7, 11) is 3.53. The zero-order valence-corrected chi connectivity index (χ0v) is 18.3. The van der Waals surface area contributed by atoms with Gasteiger partial charge in [0.25, 0.3) is 5.91 Å².